The molecule has 0 fully saturated rings. The van der Waals surface area contributed by atoms with Crippen LogP contribution in [0.4, 0.5) is 0 Å². The van der Waals surface area contributed by atoms with Gasteiger partial charge in [-0.25, -0.2) is 4.79 Å². The molecule has 0 spiro atoms. The lowest BCUT2D eigenvalue weighted by Crippen LogP contribution is -2.20. The molecular formula is C25H18Cl2O3. The lowest BCUT2D eigenvalue weighted by molar-refractivity contribution is -0.141. The van der Waals surface area contributed by atoms with Gasteiger partial charge in [-0.1, -0.05) is 71.4 Å². The highest BCUT2D eigenvalue weighted by Gasteiger charge is 2.21. The van der Waals surface area contributed by atoms with Crippen molar-refractivity contribution in [2.75, 3.05) is 6.61 Å². The van der Waals surface area contributed by atoms with Gasteiger partial charge in [0.05, 0.1) is 16.1 Å². The van der Waals surface area contributed by atoms with Crippen molar-refractivity contribution in [1.82, 2.24) is 0 Å². The fourth-order valence-corrected chi connectivity index (χ4v) is 4.07. The van der Waals surface area contributed by atoms with Crippen LogP contribution in [0, 0.1) is 18.8 Å². The highest BCUT2D eigenvalue weighted by Crippen LogP contribution is 2.34. The summed E-state index contributed by atoms with van der Waals surface area (Å²) in [5.74, 6) is 6.02. The third-order valence-electron chi connectivity index (χ3n) is 4.82. The van der Waals surface area contributed by atoms with Gasteiger partial charge in [-0.3, -0.25) is 0 Å². The number of halogens is 2. The average molecular weight is 437 g/mol. The van der Waals surface area contributed by atoms with E-state index in [1.165, 1.54) is 0 Å². The van der Waals surface area contributed by atoms with E-state index in [0.29, 0.717) is 6.42 Å². The summed E-state index contributed by atoms with van der Waals surface area (Å²) < 4.78 is 11.4. The number of aryl methyl sites for hydroxylation is 1. The number of carbonyl (C=O) groups excluding carboxylic acids is 1. The van der Waals surface area contributed by atoms with Gasteiger partial charge < -0.3 is 9.47 Å². The van der Waals surface area contributed by atoms with E-state index in [0.717, 1.165) is 27.8 Å². The Morgan fingerprint density at radius 3 is 2.40 bits per heavy atom. The second-order valence-electron chi connectivity index (χ2n) is 7.03. The Bertz CT molecular complexity index is 1150. The maximum atomic E-state index is 12.5. The molecule has 1 atom stereocenters. The molecule has 3 aromatic rings. The molecule has 0 N–H and O–H groups in total. The Morgan fingerprint density at radius 1 is 1.00 bits per heavy atom. The molecule has 1 aliphatic rings. The van der Waals surface area contributed by atoms with Gasteiger partial charge in [0.25, 0.3) is 0 Å². The molecule has 3 aromatic carbocycles. The lowest BCUT2D eigenvalue weighted by Gasteiger charge is -2.21. The first-order valence-electron chi connectivity index (χ1n) is 9.48. The Kier molecular flexibility index (Phi) is 6.11. The number of esters is 1. The van der Waals surface area contributed by atoms with Gasteiger partial charge in [0.2, 0.25) is 0 Å². The van der Waals surface area contributed by atoms with Crippen LogP contribution in [-0.4, -0.2) is 12.6 Å². The second kappa shape index (κ2) is 8.93. The molecule has 0 radical (unpaired) electrons. The molecule has 4 rings (SSSR count). The van der Waals surface area contributed by atoms with Gasteiger partial charge in [0.15, 0.2) is 5.75 Å². The summed E-state index contributed by atoms with van der Waals surface area (Å²) in [4.78, 5) is 12.5. The molecule has 0 bridgehead atoms. The molecule has 0 saturated heterocycles. The molecule has 1 aliphatic carbocycles. The largest absolute Gasteiger partial charge is 0.422 e. The minimum absolute atomic E-state index is 0.145. The Balaban J connectivity index is 1.55. The molecular weight excluding hydrogens is 419 g/mol. The maximum absolute atomic E-state index is 12.5. The summed E-state index contributed by atoms with van der Waals surface area (Å²) in [5, 5.41) is 0.572. The zero-order chi connectivity index (χ0) is 21.1. The maximum Gasteiger partial charge on any atom is 0.337 e. The first-order valence-corrected chi connectivity index (χ1v) is 10.2. The molecule has 30 heavy (non-hydrogen) atoms. The van der Waals surface area contributed by atoms with Crippen LogP contribution in [0.1, 0.15) is 33.9 Å². The predicted octanol–water partition coefficient (Wildman–Crippen LogP) is 5.92. The number of fused-ring (bicyclic) bond motifs is 2. The summed E-state index contributed by atoms with van der Waals surface area (Å²) in [6.07, 6.45) is 0.259. The highest BCUT2D eigenvalue weighted by molar-refractivity contribution is 6.37. The van der Waals surface area contributed by atoms with E-state index in [2.05, 4.69) is 11.8 Å². The SMILES string of the molecule is Cc1cc(Cl)c(OC(=O)COC2Cc3ccccc3C#Cc3ccccc32)c(Cl)c1. The van der Waals surface area contributed by atoms with E-state index in [1.807, 2.05) is 55.5 Å². The summed E-state index contributed by atoms with van der Waals surface area (Å²) in [6.45, 7) is 1.62. The number of carbonyl (C=O) groups is 1. The van der Waals surface area contributed by atoms with Gasteiger partial charge in [-0.05, 0) is 47.9 Å². The summed E-state index contributed by atoms with van der Waals surface area (Å²) in [7, 11) is 0. The van der Waals surface area contributed by atoms with E-state index >= 15 is 0 Å². The van der Waals surface area contributed by atoms with Gasteiger partial charge in [0, 0.05) is 17.5 Å². The molecule has 0 amide bonds. The Morgan fingerprint density at radius 2 is 1.63 bits per heavy atom. The highest BCUT2D eigenvalue weighted by atomic mass is 35.5. The van der Waals surface area contributed by atoms with E-state index in [-0.39, 0.29) is 28.5 Å². The van der Waals surface area contributed by atoms with Crippen LogP contribution in [0.2, 0.25) is 10.0 Å². The molecule has 3 nitrogen and oxygen atoms in total. The fourth-order valence-electron chi connectivity index (χ4n) is 3.40. The van der Waals surface area contributed by atoms with Crippen molar-refractivity contribution in [2.24, 2.45) is 0 Å². The minimum Gasteiger partial charge on any atom is -0.422 e. The van der Waals surface area contributed by atoms with Crippen LogP contribution in [0.3, 0.4) is 0 Å². The topological polar surface area (TPSA) is 35.5 Å². The van der Waals surface area contributed by atoms with Crippen molar-refractivity contribution in [3.8, 4) is 17.6 Å². The fraction of sp³-hybridized carbons (Fsp3) is 0.160. The zero-order valence-electron chi connectivity index (χ0n) is 16.2. The second-order valence-corrected chi connectivity index (χ2v) is 7.84. The van der Waals surface area contributed by atoms with Crippen LogP contribution in [-0.2, 0) is 16.0 Å². The van der Waals surface area contributed by atoms with E-state index in [9.17, 15) is 4.79 Å². The third-order valence-corrected chi connectivity index (χ3v) is 5.38. The summed E-state index contributed by atoms with van der Waals surface area (Å²) in [5.41, 5.74) is 4.74. The van der Waals surface area contributed by atoms with Crippen molar-refractivity contribution in [1.29, 1.82) is 0 Å². The van der Waals surface area contributed by atoms with Crippen molar-refractivity contribution in [3.05, 3.63) is 98.5 Å². The van der Waals surface area contributed by atoms with Gasteiger partial charge in [-0.15, -0.1) is 0 Å². The van der Waals surface area contributed by atoms with E-state index in [1.54, 1.807) is 12.1 Å². The molecule has 1 unspecified atom stereocenters. The molecule has 0 saturated carbocycles. The standard InChI is InChI=1S/C25H18Cl2O3/c1-16-12-21(26)25(22(27)13-16)30-24(28)15-29-23-14-19-8-3-2-6-17(19)10-11-18-7-4-5-9-20(18)23/h2-9,12-13,23H,14-15H2,1H3. The average Bonchev–Trinajstić information content (AvgIpc) is 2.71. The molecule has 0 aromatic heterocycles. The van der Waals surface area contributed by atoms with Crippen LogP contribution in [0.5, 0.6) is 5.75 Å². The molecule has 0 heterocycles. The van der Waals surface area contributed by atoms with Gasteiger partial charge in [0.1, 0.15) is 6.61 Å². The number of benzene rings is 3. The van der Waals surface area contributed by atoms with Crippen LogP contribution in [0.25, 0.3) is 0 Å². The molecule has 150 valence electrons. The van der Waals surface area contributed by atoms with E-state index in [4.69, 9.17) is 32.7 Å². The Hall–Kier alpha value is -2.77. The number of ether oxygens (including phenoxy) is 2. The monoisotopic (exact) mass is 436 g/mol. The smallest absolute Gasteiger partial charge is 0.337 e. The third kappa shape index (κ3) is 4.52. The predicted molar refractivity (Wildman–Crippen MR) is 118 cm³/mol. The summed E-state index contributed by atoms with van der Waals surface area (Å²) >= 11 is 12.3. The lowest BCUT2D eigenvalue weighted by atomic mass is 9.92. The first kappa shape index (κ1) is 20.5. The van der Waals surface area contributed by atoms with Crippen LogP contribution < -0.4 is 4.74 Å². The molecule has 5 heteroatoms. The normalized spacial score (nSPS) is 14.4. The van der Waals surface area contributed by atoms with Crippen LogP contribution in [0.15, 0.2) is 60.7 Å². The van der Waals surface area contributed by atoms with Crippen molar-refractivity contribution in [3.63, 3.8) is 0 Å². The molecule has 0 aliphatic heterocycles. The quantitative estimate of drug-likeness (QED) is 0.289. The zero-order valence-corrected chi connectivity index (χ0v) is 17.8. The minimum atomic E-state index is -0.568. The van der Waals surface area contributed by atoms with E-state index < -0.39 is 5.97 Å². The first-order chi connectivity index (χ1) is 14.5. The van der Waals surface area contributed by atoms with Gasteiger partial charge >= 0.3 is 5.97 Å². The number of rotatable bonds is 4. The van der Waals surface area contributed by atoms with Crippen molar-refractivity contribution < 1.29 is 14.3 Å². The number of hydrogen-bond acceptors (Lipinski definition) is 3. The number of hydrogen-bond donors (Lipinski definition) is 0. The van der Waals surface area contributed by atoms with Crippen molar-refractivity contribution >= 4 is 29.2 Å². The Labute approximate surface area is 185 Å². The van der Waals surface area contributed by atoms with Gasteiger partial charge in [-0.2, -0.15) is 0 Å². The van der Waals surface area contributed by atoms with Crippen molar-refractivity contribution in [2.45, 2.75) is 19.4 Å². The summed E-state index contributed by atoms with van der Waals surface area (Å²) in [6, 6.07) is 19.1. The van der Waals surface area contributed by atoms with Crippen LogP contribution >= 0.6 is 23.2 Å².